The number of allylic oxidation sites excluding steroid dienone is 2. The Morgan fingerprint density at radius 1 is 1.21 bits per heavy atom. The molecular weight excluding hydrogens is 350 g/mol. The zero-order chi connectivity index (χ0) is 19.9. The molecule has 2 N–H and O–H groups in total. The molecule has 3 rings (SSSR count). The zero-order valence-electron chi connectivity index (χ0n) is 16.2. The lowest BCUT2D eigenvalue weighted by Crippen LogP contribution is -2.33. The fourth-order valence-electron chi connectivity index (χ4n) is 3.38. The fraction of sp³-hybridized carbons (Fsp3) is 0.261. The number of pyridine rings is 1. The van der Waals surface area contributed by atoms with Gasteiger partial charge in [0.1, 0.15) is 11.5 Å². The number of hydrogen-bond donors (Lipinski definition) is 2. The Bertz CT molecular complexity index is 930. The Balaban J connectivity index is 2.01. The van der Waals surface area contributed by atoms with Gasteiger partial charge in [-0.2, -0.15) is 0 Å². The van der Waals surface area contributed by atoms with Crippen LogP contribution in [0.5, 0.6) is 0 Å². The first-order valence-corrected chi connectivity index (χ1v) is 9.49. The first-order chi connectivity index (χ1) is 13.6. The summed E-state index contributed by atoms with van der Waals surface area (Å²) in [6.07, 6.45) is 7.41. The molecule has 0 radical (unpaired) electrons. The average Bonchev–Trinajstić information content (AvgIpc) is 2.72. The number of rotatable bonds is 5. The molecular formula is C23H25N3O2. The van der Waals surface area contributed by atoms with E-state index in [0.717, 1.165) is 23.1 Å². The lowest BCUT2D eigenvalue weighted by Gasteiger charge is -2.27. The molecule has 1 aromatic heterocycles. The predicted molar refractivity (Wildman–Crippen MR) is 111 cm³/mol. The Morgan fingerprint density at radius 3 is 2.71 bits per heavy atom. The van der Waals surface area contributed by atoms with Crippen LogP contribution in [0.1, 0.15) is 53.8 Å². The largest absolute Gasteiger partial charge is 0.506 e. The summed E-state index contributed by atoms with van der Waals surface area (Å²) in [5.74, 6) is -0.0824. The van der Waals surface area contributed by atoms with Crippen molar-refractivity contribution in [2.45, 2.75) is 39.2 Å². The number of nitrogens with zero attached hydrogens (tertiary/aromatic N) is 2. The minimum absolute atomic E-state index is 0.177. The third-order valence-electron chi connectivity index (χ3n) is 4.80. The van der Waals surface area contributed by atoms with Crippen molar-refractivity contribution in [2.24, 2.45) is 4.99 Å². The Morgan fingerprint density at radius 2 is 2.00 bits per heavy atom. The van der Waals surface area contributed by atoms with Crippen molar-refractivity contribution in [1.29, 1.82) is 0 Å². The van der Waals surface area contributed by atoms with E-state index in [1.165, 1.54) is 0 Å². The van der Waals surface area contributed by atoms with E-state index < -0.39 is 6.04 Å². The summed E-state index contributed by atoms with van der Waals surface area (Å²) in [6.45, 7) is 3.75. The average molecular weight is 375 g/mol. The van der Waals surface area contributed by atoms with Gasteiger partial charge >= 0.3 is 0 Å². The van der Waals surface area contributed by atoms with Crippen molar-refractivity contribution in [2.75, 3.05) is 0 Å². The van der Waals surface area contributed by atoms with Crippen molar-refractivity contribution in [3.8, 4) is 0 Å². The van der Waals surface area contributed by atoms with Gasteiger partial charge in [0, 0.05) is 18.0 Å². The molecule has 28 heavy (non-hydrogen) atoms. The van der Waals surface area contributed by atoms with Gasteiger partial charge in [0.25, 0.3) is 5.91 Å². The van der Waals surface area contributed by atoms with Crippen LogP contribution in [0.4, 0.5) is 0 Å². The Hall–Kier alpha value is -3.21. The first kappa shape index (κ1) is 19.5. The molecule has 1 amide bonds. The minimum atomic E-state index is -0.439. The highest BCUT2D eigenvalue weighted by Crippen LogP contribution is 2.32. The van der Waals surface area contributed by atoms with E-state index in [2.05, 4.69) is 15.3 Å². The molecule has 0 saturated heterocycles. The van der Waals surface area contributed by atoms with E-state index in [0.29, 0.717) is 24.2 Å². The quantitative estimate of drug-likeness (QED) is 0.786. The maximum Gasteiger partial charge on any atom is 0.270 e. The maximum absolute atomic E-state index is 12.9. The van der Waals surface area contributed by atoms with E-state index in [-0.39, 0.29) is 11.7 Å². The number of aliphatic imine (C=N–C) groups is 1. The molecule has 1 unspecified atom stereocenters. The number of carbonyl (C=O) groups is 1. The van der Waals surface area contributed by atoms with Crippen LogP contribution in [-0.2, 0) is 0 Å². The normalized spacial score (nSPS) is 17.1. The number of carbonyl (C=O) groups excluding carboxylic acids is 1. The molecule has 0 bridgehead atoms. The van der Waals surface area contributed by atoms with Gasteiger partial charge in [-0.1, -0.05) is 42.5 Å². The fourth-order valence-corrected chi connectivity index (χ4v) is 3.38. The Kier molecular flexibility index (Phi) is 6.37. The molecule has 1 aliphatic carbocycles. The van der Waals surface area contributed by atoms with Gasteiger partial charge in [-0.15, -0.1) is 0 Å². The van der Waals surface area contributed by atoms with Crippen LogP contribution in [0.25, 0.3) is 0 Å². The van der Waals surface area contributed by atoms with Crippen LogP contribution in [0.15, 0.2) is 77.3 Å². The monoisotopic (exact) mass is 375 g/mol. The number of amides is 1. The number of nitrogens with one attached hydrogen (secondary N) is 1. The van der Waals surface area contributed by atoms with E-state index in [9.17, 15) is 9.90 Å². The standard InChI is InChI=1S/C23H25N3O2/c1-3-14-24-19-13-7-12-18(22(19)27)21(17-10-5-4-6-11-17)26-23(28)20-16(2)9-8-15-25-20/h3-6,8-11,14-15,21,27H,7,12-13H2,1-2H3,(H,26,28)/b14-3-,24-19+. The van der Waals surface area contributed by atoms with Crippen molar-refractivity contribution in [1.82, 2.24) is 10.3 Å². The number of aliphatic hydroxyl groups is 1. The summed E-state index contributed by atoms with van der Waals surface area (Å²) in [7, 11) is 0. The highest BCUT2D eigenvalue weighted by atomic mass is 16.3. The SMILES string of the molecule is C/C=C\N=C1/CCCC(C(NC(=O)c2ncccc2C)c2ccccc2)=C1O. The summed E-state index contributed by atoms with van der Waals surface area (Å²) in [5.41, 5.74) is 3.55. The maximum atomic E-state index is 12.9. The van der Waals surface area contributed by atoms with Crippen LogP contribution in [0, 0.1) is 6.92 Å². The molecule has 5 nitrogen and oxygen atoms in total. The molecule has 1 aromatic carbocycles. The van der Waals surface area contributed by atoms with Crippen LogP contribution in [-0.4, -0.2) is 21.7 Å². The minimum Gasteiger partial charge on any atom is -0.506 e. The van der Waals surface area contributed by atoms with E-state index >= 15 is 0 Å². The molecule has 1 heterocycles. The number of aliphatic hydroxyl groups excluding tert-OH is 1. The van der Waals surface area contributed by atoms with Gasteiger partial charge in [-0.3, -0.25) is 14.8 Å². The summed E-state index contributed by atoms with van der Waals surface area (Å²) in [5, 5.41) is 13.9. The van der Waals surface area contributed by atoms with Crippen molar-refractivity contribution in [3.05, 3.63) is 89.1 Å². The Labute approximate surface area is 165 Å². The second kappa shape index (κ2) is 9.13. The summed E-state index contributed by atoms with van der Waals surface area (Å²) >= 11 is 0. The molecule has 144 valence electrons. The zero-order valence-corrected chi connectivity index (χ0v) is 16.2. The lowest BCUT2D eigenvalue weighted by molar-refractivity contribution is 0.0935. The van der Waals surface area contributed by atoms with Gasteiger partial charge in [0.15, 0.2) is 0 Å². The molecule has 1 atom stereocenters. The second-order valence-corrected chi connectivity index (χ2v) is 6.77. The van der Waals surface area contributed by atoms with E-state index in [1.807, 2.05) is 56.3 Å². The van der Waals surface area contributed by atoms with Gasteiger partial charge in [0.2, 0.25) is 0 Å². The summed E-state index contributed by atoms with van der Waals surface area (Å²) < 4.78 is 0. The molecule has 0 saturated carbocycles. The third kappa shape index (κ3) is 4.36. The van der Waals surface area contributed by atoms with Gasteiger partial charge in [-0.25, -0.2) is 0 Å². The smallest absolute Gasteiger partial charge is 0.270 e. The van der Waals surface area contributed by atoms with Gasteiger partial charge in [-0.05, 0) is 50.3 Å². The van der Waals surface area contributed by atoms with Crippen molar-refractivity contribution < 1.29 is 9.90 Å². The lowest BCUT2D eigenvalue weighted by atomic mass is 9.87. The topological polar surface area (TPSA) is 74.6 Å². The third-order valence-corrected chi connectivity index (χ3v) is 4.80. The van der Waals surface area contributed by atoms with E-state index in [1.54, 1.807) is 18.5 Å². The van der Waals surface area contributed by atoms with Gasteiger partial charge < -0.3 is 10.4 Å². The molecule has 5 heteroatoms. The number of benzene rings is 1. The van der Waals surface area contributed by atoms with Crippen LogP contribution in [0.3, 0.4) is 0 Å². The first-order valence-electron chi connectivity index (χ1n) is 9.49. The summed E-state index contributed by atoms with van der Waals surface area (Å²) in [6, 6.07) is 12.9. The number of hydrogen-bond acceptors (Lipinski definition) is 4. The number of aromatic nitrogens is 1. The van der Waals surface area contributed by atoms with Crippen LogP contribution < -0.4 is 5.32 Å². The van der Waals surface area contributed by atoms with Gasteiger partial charge in [0.05, 0.1) is 11.8 Å². The molecule has 1 aliphatic rings. The molecule has 0 aliphatic heterocycles. The predicted octanol–water partition coefficient (Wildman–Crippen LogP) is 4.83. The van der Waals surface area contributed by atoms with Crippen LogP contribution in [0.2, 0.25) is 0 Å². The second-order valence-electron chi connectivity index (χ2n) is 6.77. The summed E-state index contributed by atoms with van der Waals surface area (Å²) in [4.78, 5) is 21.5. The van der Waals surface area contributed by atoms with Crippen molar-refractivity contribution in [3.63, 3.8) is 0 Å². The number of aryl methyl sites for hydroxylation is 1. The van der Waals surface area contributed by atoms with Crippen LogP contribution >= 0.6 is 0 Å². The van der Waals surface area contributed by atoms with E-state index in [4.69, 9.17) is 0 Å². The molecule has 0 spiro atoms. The molecule has 0 fully saturated rings. The highest BCUT2D eigenvalue weighted by molar-refractivity contribution is 6.00. The van der Waals surface area contributed by atoms with Crippen molar-refractivity contribution >= 4 is 11.6 Å². The molecule has 2 aromatic rings. The highest BCUT2D eigenvalue weighted by Gasteiger charge is 2.28.